The van der Waals surface area contributed by atoms with Gasteiger partial charge in [-0.05, 0) is 56.9 Å². The van der Waals surface area contributed by atoms with Gasteiger partial charge in [-0.25, -0.2) is 0 Å². The smallest absolute Gasteiger partial charge is 0.0382 e. The van der Waals surface area contributed by atoms with Crippen LogP contribution >= 0.6 is 0 Å². The molecule has 0 aliphatic heterocycles. The second kappa shape index (κ2) is 5.73. The molecule has 1 atom stereocenters. The number of hydrogen-bond acceptors (Lipinski definition) is 2. The molecule has 0 saturated heterocycles. The molecule has 0 amide bonds. The van der Waals surface area contributed by atoms with Gasteiger partial charge in [0.2, 0.25) is 0 Å². The zero-order chi connectivity index (χ0) is 14.1. The lowest BCUT2D eigenvalue weighted by Crippen LogP contribution is -2.61. The minimum absolute atomic E-state index is 0.247. The largest absolute Gasteiger partial charge is 0.329 e. The van der Waals surface area contributed by atoms with Gasteiger partial charge in [0, 0.05) is 18.1 Å². The van der Waals surface area contributed by atoms with E-state index in [0.29, 0.717) is 5.41 Å². The number of hydrogen-bond donors (Lipinski definition) is 1. The fourth-order valence-electron chi connectivity index (χ4n) is 4.86. The number of nitrogens with zero attached hydrogens (tertiary/aromatic N) is 1. The molecule has 2 N–H and O–H groups in total. The highest BCUT2D eigenvalue weighted by molar-refractivity contribution is 5.07. The van der Waals surface area contributed by atoms with Gasteiger partial charge >= 0.3 is 0 Å². The highest BCUT2D eigenvalue weighted by atomic mass is 15.2. The second-order valence-corrected chi connectivity index (χ2v) is 7.67. The monoisotopic (exact) mass is 266 g/mol. The van der Waals surface area contributed by atoms with E-state index in [9.17, 15) is 0 Å². The Kier molecular flexibility index (Phi) is 4.62. The summed E-state index contributed by atoms with van der Waals surface area (Å²) in [5.74, 6) is 0.982. The molecule has 19 heavy (non-hydrogen) atoms. The third kappa shape index (κ3) is 2.58. The maximum absolute atomic E-state index is 6.26. The summed E-state index contributed by atoms with van der Waals surface area (Å²) in [4.78, 5) is 2.70. The molecule has 0 bridgehead atoms. The lowest BCUT2D eigenvalue weighted by atomic mass is 9.72. The molecule has 2 heteroatoms. The Morgan fingerprint density at radius 2 is 1.74 bits per heavy atom. The molecule has 2 fully saturated rings. The third-order valence-corrected chi connectivity index (χ3v) is 6.61. The van der Waals surface area contributed by atoms with Crippen molar-refractivity contribution >= 4 is 0 Å². The molecule has 0 spiro atoms. The molecular formula is C17H34N2. The van der Waals surface area contributed by atoms with Gasteiger partial charge in [0.25, 0.3) is 0 Å². The average molecular weight is 266 g/mol. The Bertz CT molecular complexity index is 292. The van der Waals surface area contributed by atoms with Crippen molar-refractivity contribution in [2.75, 3.05) is 13.6 Å². The van der Waals surface area contributed by atoms with E-state index in [1.165, 1.54) is 51.4 Å². The molecule has 0 aromatic rings. The van der Waals surface area contributed by atoms with Crippen LogP contribution in [0.5, 0.6) is 0 Å². The van der Waals surface area contributed by atoms with E-state index in [0.717, 1.165) is 18.5 Å². The summed E-state index contributed by atoms with van der Waals surface area (Å²) in [5.41, 5.74) is 6.88. The van der Waals surface area contributed by atoms with E-state index in [1.54, 1.807) is 0 Å². The van der Waals surface area contributed by atoms with Crippen molar-refractivity contribution in [1.29, 1.82) is 0 Å². The van der Waals surface area contributed by atoms with Gasteiger partial charge in [0.05, 0.1) is 0 Å². The number of rotatable bonds is 4. The first kappa shape index (κ1) is 15.3. The van der Waals surface area contributed by atoms with Crippen LogP contribution < -0.4 is 5.73 Å². The first-order chi connectivity index (χ1) is 8.97. The maximum atomic E-state index is 6.26. The Morgan fingerprint density at radius 3 is 2.16 bits per heavy atom. The molecule has 0 aromatic carbocycles. The SMILES string of the molecule is CCC1CCC(N(C)C2(CN)CCCC2(C)C)CC1. The van der Waals surface area contributed by atoms with Crippen LogP contribution in [0.15, 0.2) is 0 Å². The van der Waals surface area contributed by atoms with E-state index in [4.69, 9.17) is 5.73 Å². The minimum Gasteiger partial charge on any atom is -0.329 e. The predicted molar refractivity (Wildman–Crippen MR) is 83.2 cm³/mol. The summed E-state index contributed by atoms with van der Waals surface area (Å²) in [6.07, 6.45) is 10.9. The summed E-state index contributed by atoms with van der Waals surface area (Å²) < 4.78 is 0. The lowest BCUT2D eigenvalue weighted by molar-refractivity contribution is -0.0137. The molecule has 0 radical (unpaired) electrons. The van der Waals surface area contributed by atoms with Crippen LogP contribution in [0.3, 0.4) is 0 Å². The lowest BCUT2D eigenvalue weighted by Gasteiger charge is -2.52. The fourth-order valence-corrected chi connectivity index (χ4v) is 4.86. The van der Waals surface area contributed by atoms with Crippen molar-refractivity contribution in [2.45, 2.75) is 83.7 Å². The van der Waals surface area contributed by atoms with E-state index < -0.39 is 0 Å². The van der Waals surface area contributed by atoms with E-state index in [2.05, 4.69) is 32.7 Å². The van der Waals surface area contributed by atoms with Crippen molar-refractivity contribution in [3.8, 4) is 0 Å². The van der Waals surface area contributed by atoms with Crippen LogP contribution in [0.1, 0.15) is 72.1 Å². The van der Waals surface area contributed by atoms with E-state index in [-0.39, 0.29) is 5.54 Å². The van der Waals surface area contributed by atoms with Crippen molar-refractivity contribution in [3.05, 3.63) is 0 Å². The molecule has 2 nitrogen and oxygen atoms in total. The van der Waals surface area contributed by atoms with Gasteiger partial charge in [-0.1, -0.05) is 33.6 Å². The van der Waals surface area contributed by atoms with Gasteiger partial charge in [0.15, 0.2) is 0 Å². The fraction of sp³-hybridized carbons (Fsp3) is 1.00. The highest BCUT2D eigenvalue weighted by Crippen LogP contribution is 2.50. The standard InChI is InChI=1S/C17H34N2/c1-5-14-7-9-15(10-8-14)19(4)17(13-18)12-6-11-16(17,2)3/h14-15H,5-13,18H2,1-4H3. The number of likely N-dealkylation sites (N-methyl/N-ethyl adjacent to an activating group) is 1. The zero-order valence-electron chi connectivity index (χ0n) is 13.5. The molecule has 112 valence electrons. The van der Waals surface area contributed by atoms with Crippen LogP contribution in [0.2, 0.25) is 0 Å². The van der Waals surface area contributed by atoms with Gasteiger partial charge in [0.1, 0.15) is 0 Å². The summed E-state index contributed by atoms with van der Waals surface area (Å²) >= 11 is 0. The van der Waals surface area contributed by atoms with Gasteiger partial charge < -0.3 is 5.73 Å². The Labute approximate surface area is 120 Å². The van der Waals surface area contributed by atoms with Gasteiger partial charge in [-0.15, -0.1) is 0 Å². The first-order valence-corrected chi connectivity index (χ1v) is 8.40. The molecular weight excluding hydrogens is 232 g/mol. The van der Waals surface area contributed by atoms with Gasteiger partial charge in [-0.3, -0.25) is 4.90 Å². The molecule has 0 aromatic heterocycles. The first-order valence-electron chi connectivity index (χ1n) is 8.40. The Balaban J connectivity index is 2.08. The van der Waals surface area contributed by atoms with Crippen LogP contribution in [0.25, 0.3) is 0 Å². The summed E-state index contributed by atoms with van der Waals surface area (Å²) in [7, 11) is 2.36. The topological polar surface area (TPSA) is 29.3 Å². The van der Waals surface area contributed by atoms with E-state index in [1.807, 2.05) is 0 Å². The molecule has 0 heterocycles. The maximum Gasteiger partial charge on any atom is 0.0382 e. The van der Waals surface area contributed by atoms with Crippen LogP contribution in [-0.2, 0) is 0 Å². The van der Waals surface area contributed by atoms with Crippen molar-refractivity contribution in [3.63, 3.8) is 0 Å². The highest BCUT2D eigenvalue weighted by Gasteiger charge is 2.51. The zero-order valence-corrected chi connectivity index (χ0v) is 13.5. The van der Waals surface area contributed by atoms with Crippen molar-refractivity contribution in [1.82, 2.24) is 4.90 Å². The van der Waals surface area contributed by atoms with Crippen LogP contribution in [0.4, 0.5) is 0 Å². The Morgan fingerprint density at radius 1 is 1.11 bits per heavy atom. The third-order valence-electron chi connectivity index (χ3n) is 6.61. The van der Waals surface area contributed by atoms with Gasteiger partial charge in [-0.2, -0.15) is 0 Å². The quantitative estimate of drug-likeness (QED) is 0.838. The van der Waals surface area contributed by atoms with Crippen LogP contribution in [-0.4, -0.2) is 30.1 Å². The molecule has 2 saturated carbocycles. The number of nitrogens with two attached hydrogens (primary N) is 1. The molecule has 1 unspecified atom stereocenters. The van der Waals surface area contributed by atoms with Crippen molar-refractivity contribution < 1.29 is 0 Å². The second-order valence-electron chi connectivity index (χ2n) is 7.67. The molecule has 2 aliphatic rings. The summed E-state index contributed by atoms with van der Waals surface area (Å²) in [6, 6.07) is 0.767. The average Bonchev–Trinajstić information content (AvgIpc) is 2.73. The normalized spacial score (nSPS) is 38.8. The minimum atomic E-state index is 0.247. The summed E-state index contributed by atoms with van der Waals surface area (Å²) in [5, 5.41) is 0. The molecule has 2 aliphatic carbocycles. The van der Waals surface area contributed by atoms with Crippen LogP contribution in [0, 0.1) is 11.3 Å². The molecule has 2 rings (SSSR count). The van der Waals surface area contributed by atoms with Crippen molar-refractivity contribution in [2.24, 2.45) is 17.1 Å². The van der Waals surface area contributed by atoms with E-state index >= 15 is 0 Å². The summed E-state index contributed by atoms with van der Waals surface area (Å²) in [6.45, 7) is 8.03. The Hall–Kier alpha value is -0.0800. The predicted octanol–water partition coefficient (Wildman–Crippen LogP) is 3.79.